The first-order valence-electron chi connectivity index (χ1n) is 5.94. The first kappa shape index (κ1) is 13.3. The highest BCUT2D eigenvalue weighted by atomic mass is 79.9. The Balaban J connectivity index is 0.00000121. The second kappa shape index (κ2) is 5.00. The van der Waals surface area contributed by atoms with Gasteiger partial charge in [-0.3, -0.25) is 4.40 Å². The highest BCUT2D eigenvalue weighted by molar-refractivity contribution is 8.93. The molecule has 0 amide bonds. The van der Waals surface area contributed by atoms with Crippen molar-refractivity contribution in [1.82, 2.24) is 9.38 Å². The van der Waals surface area contributed by atoms with Gasteiger partial charge in [0, 0.05) is 11.8 Å². The first-order valence-corrected chi connectivity index (χ1v) is 6.75. The van der Waals surface area contributed by atoms with Gasteiger partial charge in [-0.2, -0.15) is 0 Å². The normalized spacial score (nSPS) is 10.8. The Hall–Kier alpha value is -1.72. The predicted molar refractivity (Wildman–Crippen MR) is 86.3 cm³/mol. The zero-order chi connectivity index (χ0) is 12.8. The molecule has 2 aromatic carbocycles. The summed E-state index contributed by atoms with van der Waals surface area (Å²) in [6.07, 6.45) is 2.00. The molecule has 0 fully saturated rings. The summed E-state index contributed by atoms with van der Waals surface area (Å²) in [6.45, 7) is 0. The van der Waals surface area contributed by atoms with Crippen LogP contribution in [0.2, 0.25) is 0 Å². The van der Waals surface area contributed by atoms with Gasteiger partial charge in [-0.1, -0.05) is 23.5 Å². The Kier molecular flexibility index (Phi) is 3.31. The largest absolute Gasteiger partial charge is 0.290 e. The summed E-state index contributed by atoms with van der Waals surface area (Å²) in [5.74, 6) is -0.227. The predicted octanol–water partition coefficient (Wildman–Crippen LogP) is 4.93. The summed E-state index contributed by atoms with van der Waals surface area (Å²) in [7, 11) is 0. The maximum Gasteiger partial charge on any atom is 0.195 e. The number of imidazole rings is 1. The van der Waals surface area contributed by atoms with Gasteiger partial charge in [0.1, 0.15) is 5.82 Å². The monoisotopic (exact) mass is 348 g/mol. The van der Waals surface area contributed by atoms with Crippen LogP contribution >= 0.6 is 28.3 Å². The molecule has 5 heteroatoms. The van der Waals surface area contributed by atoms with Crippen molar-refractivity contribution in [1.29, 1.82) is 0 Å². The molecule has 20 heavy (non-hydrogen) atoms. The molecule has 100 valence electrons. The Morgan fingerprint density at radius 1 is 1.00 bits per heavy atom. The lowest BCUT2D eigenvalue weighted by Gasteiger charge is -1.95. The van der Waals surface area contributed by atoms with E-state index in [1.54, 1.807) is 23.5 Å². The number of thiazole rings is 1. The van der Waals surface area contributed by atoms with Crippen LogP contribution in [-0.2, 0) is 0 Å². The van der Waals surface area contributed by atoms with Crippen LogP contribution in [-0.4, -0.2) is 9.38 Å². The molecule has 2 nitrogen and oxygen atoms in total. The lowest BCUT2D eigenvalue weighted by atomic mass is 10.2. The van der Waals surface area contributed by atoms with Gasteiger partial charge in [-0.15, -0.1) is 17.0 Å². The van der Waals surface area contributed by atoms with Gasteiger partial charge in [-0.05, 0) is 36.4 Å². The standard InChI is InChI=1S/C15H9FN2S.BrH/c16-11-7-5-10(6-8-11)12-9-18-13-3-1-2-4-14(13)19-15(18)17-12;/h1-9H;1H. The molecule has 0 bridgehead atoms. The third-order valence-corrected chi connectivity index (χ3v) is 4.18. The van der Waals surface area contributed by atoms with E-state index >= 15 is 0 Å². The Morgan fingerprint density at radius 3 is 2.55 bits per heavy atom. The number of nitrogens with zero attached hydrogens (tertiary/aromatic N) is 2. The fourth-order valence-corrected chi connectivity index (χ4v) is 3.22. The van der Waals surface area contributed by atoms with Gasteiger partial charge in [0.15, 0.2) is 4.96 Å². The molecule has 0 N–H and O–H groups in total. The van der Waals surface area contributed by atoms with Crippen LogP contribution in [0.1, 0.15) is 0 Å². The molecular weight excluding hydrogens is 339 g/mol. The summed E-state index contributed by atoms with van der Waals surface area (Å²) < 4.78 is 16.2. The third-order valence-electron chi connectivity index (χ3n) is 3.14. The minimum atomic E-state index is -0.227. The average Bonchev–Trinajstić information content (AvgIpc) is 2.97. The van der Waals surface area contributed by atoms with Gasteiger partial charge in [-0.25, -0.2) is 9.37 Å². The van der Waals surface area contributed by atoms with E-state index in [0.717, 1.165) is 21.7 Å². The van der Waals surface area contributed by atoms with E-state index in [1.807, 2.05) is 18.3 Å². The van der Waals surface area contributed by atoms with Crippen LogP contribution in [0.4, 0.5) is 4.39 Å². The molecule has 0 aliphatic carbocycles. The Labute approximate surface area is 129 Å². The van der Waals surface area contributed by atoms with Crippen molar-refractivity contribution in [3.05, 3.63) is 60.5 Å². The molecule has 0 saturated carbocycles. The summed E-state index contributed by atoms with van der Waals surface area (Å²) in [6, 6.07) is 14.6. The van der Waals surface area contributed by atoms with Crippen LogP contribution in [0.15, 0.2) is 54.7 Å². The lowest BCUT2D eigenvalue weighted by molar-refractivity contribution is 0.628. The molecule has 0 unspecified atom stereocenters. The number of para-hydroxylation sites is 1. The number of fused-ring (bicyclic) bond motifs is 3. The van der Waals surface area contributed by atoms with Crippen molar-refractivity contribution >= 4 is 43.5 Å². The smallest absolute Gasteiger partial charge is 0.195 e. The van der Waals surface area contributed by atoms with E-state index in [2.05, 4.69) is 21.5 Å². The van der Waals surface area contributed by atoms with Crippen molar-refractivity contribution in [3.63, 3.8) is 0 Å². The topological polar surface area (TPSA) is 17.3 Å². The number of benzene rings is 2. The molecule has 0 atom stereocenters. The third kappa shape index (κ3) is 2.03. The molecule has 0 radical (unpaired) electrons. The summed E-state index contributed by atoms with van der Waals surface area (Å²) in [4.78, 5) is 5.57. The number of aromatic nitrogens is 2. The van der Waals surface area contributed by atoms with E-state index in [0.29, 0.717) is 0 Å². The highest BCUT2D eigenvalue weighted by Crippen LogP contribution is 2.29. The molecule has 2 heterocycles. The van der Waals surface area contributed by atoms with E-state index in [-0.39, 0.29) is 22.8 Å². The molecule has 0 saturated heterocycles. The summed E-state index contributed by atoms with van der Waals surface area (Å²) in [5.41, 5.74) is 2.96. The van der Waals surface area contributed by atoms with Crippen LogP contribution in [0, 0.1) is 5.82 Å². The van der Waals surface area contributed by atoms with Crippen molar-refractivity contribution < 1.29 is 4.39 Å². The maximum atomic E-state index is 12.9. The zero-order valence-corrected chi connectivity index (χ0v) is 12.8. The molecular formula is C15H10BrFN2S. The van der Waals surface area contributed by atoms with Crippen LogP contribution in [0.5, 0.6) is 0 Å². The van der Waals surface area contributed by atoms with E-state index < -0.39 is 0 Å². The number of rotatable bonds is 1. The van der Waals surface area contributed by atoms with Crippen LogP contribution < -0.4 is 0 Å². The van der Waals surface area contributed by atoms with Crippen molar-refractivity contribution in [2.45, 2.75) is 0 Å². The minimum Gasteiger partial charge on any atom is -0.290 e. The van der Waals surface area contributed by atoms with Gasteiger partial charge < -0.3 is 0 Å². The molecule has 2 aromatic heterocycles. The van der Waals surface area contributed by atoms with Crippen molar-refractivity contribution in [2.24, 2.45) is 0 Å². The summed E-state index contributed by atoms with van der Waals surface area (Å²) in [5, 5.41) is 0. The molecule has 0 aliphatic rings. The lowest BCUT2D eigenvalue weighted by Crippen LogP contribution is -1.78. The van der Waals surface area contributed by atoms with Gasteiger partial charge in [0.2, 0.25) is 0 Å². The van der Waals surface area contributed by atoms with Gasteiger partial charge in [0.05, 0.1) is 15.9 Å². The highest BCUT2D eigenvalue weighted by Gasteiger charge is 2.09. The number of hydrogen-bond acceptors (Lipinski definition) is 2. The Morgan fingerprint density at radius 2 is 1.75 bits per heavy atom. The van der Waals surface area contributed by atoms with Gasteiger partial charge >= 0.3 is 0 Å². The first-order chi connectivity index (χ1) is 9.31. The SMILES string of the molecule is Br.Fc1ccc(-c2cn3c(n2)sc2ccccc23)cc1. The quantitative estimate of drug-likeness (QED) is 0.476. The number of hydrogen-bond donors (Lipinski definition) is 0. The zero-order valence-electron chi connectivity index (χ0n) is 10.3. The van der Waals surface area contributed by atoms with Crippen molar-refractivity contribution in [3.8, 4) is 11.3 Å². The maximum absolute atomic E-state index is 12.9. The van der Waals surface area contributed by atoms with Crippen LogP contribution in [0.3, 0.4) is 0 Å². The minimum absolute atomic E-state index is 0. The van der Waals surface area contributed by atoms with E-state index in [1.165, 1.54) is 16.8 Å². The summed E-state index contributed by atoms with van der Waals surface area (Å²) >= 11 is 1.66. The fraction of sp³-hybridized carbons (Fsp3) is 0. The van der Waals surface area contributed by atoms with Gasteiger partial charge in [0.25, 0.3) is 0 Å². The van der Waals surface area contributed by atoms with E-state index in [9.17, 15) is 4.39 Å². The van der Waals surface area contributed by atoms with Crippen molar-refractivity contribution in [2.75, 3.05) is 0 Å². The average molecular weight is 349 g/mol. The molecule has 0 aliphatic heterocycles. The molecule has 0 spiro atoms. The van der Waals surface area contributed by atoms with E-state index in [4.69, 9.17) is 0 Å². The second-order valence-corrected chi connectivity index (χ2v) is 5.36. The molecule has 4 aromatic rings. The second-order valence-electron chi connectivity index (χ2n) is 4.36. The fourth-order valence-electron chi connectivity index (χ4n) is 2.21. The molecule has 4 rings (SSSR count). The Bertz CT molecular complexity index is 880. The van der Waals surface area contributed by atoms with Crippen LogP contribution in [0.25, 0.3) is 26.4 Å². The number of halogens is 2.